The van der Waals surface area contributed by atoms with Crippen molar-refractivity contribution in [2.24, 2.45) is 10.8 Å². The van der Waals surface area contributed by atoms with Crippen molar-refractivity contribution in [3.63, 3.8) is 0 Å². The lowest BCUT2D eigenvalue weighted by atomic mass is 9.86. The molecule has 0 aromatic heterocycles. The minimum Gasteiger partial charge on any atom is -0.356 e. The van der Waals surface area contributed by atoms with Crippen molar-refractivity contribution in [1.29, 1.82) is 0 Å². The summed E-state index contributed by atoms with van der Waals surface area (Å²) in [6.45, 7) is 7.52. The highest BCUT2D eigenvalue weighted by Crippen LogP contribution is 2.49. The van der Waals surface area contributed by atoms with Crippen LogP contribution in [0.15, 0.2) is 0 Å². The fourth-order valence-electron chi connectivity index (χ4n) is 2.25. The van der Waals surface area contributed by atoms with Gasteiger partial charge in [0.1, 0.15) is 0 Å². The third kappa shape index (κ3) is 5.64. The summed E-state index contributed by atoms with van der Waals surface area (Å²) in [5.41, 5.74) is 0.460. The molecule has 1 aliphatic carbocycles. The topological polar surface area (TPSA) is 29.1 Å². The van der Waals surface area contributed by atoms with E-state index in [2.05, 4.69) is 38.7 Å². The lowest BCUT2D eigenvalue weighted by molar-refractivity contribution is -0.122. The summed E-state index contributed by atoms with van der Waals surface area (Å²) < 4.78 is 0. The van der Waals surface area contributed by atoms with Crippen LogP contribution in [0.2, 0.25) is 0 Å². The molecule has 0 aromatic carbocycles. The third-order valence-electron chi connectivity index (χ3n) is 4.05. The normalized spacial score (nSPS) is 17.6. The Balaban J connectivity index is 2.20. The van der Waals surface area contributed by atoms with Crippen LogP contribution in [-0.2, 0) is 4.79 Å². The van der Waals surface area contributed by atoms with Crippen LogP contribution in [0.4, 0.5) is 0 Å². The molecule has 0 atom stereocenters. The molecule has 0 saturated heterocycles. The lowest BCUT2D eigenvalue weighted by Gasteiger charge is -2.25. The number of carbonyl (C=O) groups excluding carboxylic acids is 1. The third-order valence-corrected chi connectivity index (χ3v) is 4.72. The molecule has 0 heterocycles. The summed E-state index contributed by atoms with van der Waals surface area (Å²) in [4.78, 5) is 11.9. The monoisotopic (exact) mass is 271 g/mol. The van der Waals surface area contributed by atoms with E-state index in [9.17, 15) is 4.79 Å². The van der Waals surface area contributed by atoms with Crippen molar-refractivity contribution in [3.8, 4) is 0 Å². The van der Waals surface area contributed by atoms with Crippen LogP contribution < -0.4 is 5.32 Å². The van der Waals surface area contributed by atoms with Crippen LogP contribution in [0.5, 0.6) is 0 Å². The smallest absolute Gasteiger partial charge is 0.220 e. The second-order valence-electron chi connectivity index (χ2n) is 6.73. The highest BCUT2D eigenvalue weighted by atomic mass is 32.1. The van der Waals surface area contributed by atoms with Gasteiger partial charge in [0.15, 0.2) is 0 Å². The van der Waals surface area contributed by atoms with Gasteiger partial charge in [-0.15, -0.1) is 0 Å². The van der Waals surface area contributed by atoms with Gasteiger partial charge in [0, 0.05) is 13.0 Å². The first-order valence-electron chi connectivity index (χ1n) is 7.31. The zero-order chi connectivity index (χ0) is 13.6. The van der Waals surface area contributed by atoms with E-state index in [-0.39, 0.29) is 16.7 Å². The second kappa shape index (κ2) is 6.83. The Kier molecular flexibility index (Phi) is 6.03. The van der Waals surface area contributed by atoms with E-state index in [1.54, 1.807) is 0 Å². The number of rotatable bonds is 9. The molecule has 106 valence electrons. The largest absolute Gasteiger partial charge is 0.356 e. The van der Waals surface area contributed by atoms with Gasteiger partial charge in [-0.05, 0) is 35.8 Å². The fourth-order valence-corrected chi connectivity index (χ4v) is 2.68. The molecular weight excluding hydrogens is 242 g/mol. The molecule has 2 nitrogen and oxygen atoms in total. The predicted molar refractivity (Wildman–Crippen MR) is 81.1 cm³/mol. The Hall–Kier alpha value is -0.180. The number of hydrogen-bond donors (Lipinski definition) is 2. The zero-order valence-electron chi connectivity index (χ0n) is 12.2. The van der Waals surface area contributed by atoms with Crippen LogP contribution in [0.25, 0.3) is 0 Å². The van der Waals surface area contributed by atoms with Gasteiger partial charge in [-0.25, -0.2) is 0 Å². The molecule has 0 aliphatic heterocycles. The molecule has 18 heavy (non-hydrogen) atoms. The maximum absolute atomic E-state index is 11.9. The van der Waals surface area contributed by atoms with Gasteiger partial charge >= 0.3 is 0 Å². The van der Waals surface area contributed by atoms with Gasteiger partial charge in [0.2, 0.25) is 5.91 Å². The van der Waals surface area contributed by atoms with Crippen molar-refractivity contribution in [3.05, 3.63) is 0 Å². The van der Waals surface area contributed by atoms with Gasteiger partial charge in [-0.2, -0.15) is 12.6 Å². The summed E-state index contributed by atoms with van der Waals surface area (Å²) >= 11 is 4.34. The molecule has 0 spiro atoms. The molecule has 0 unspecified atom stereocenters. The average Bonchev–Trinajstić information content (AvgIpc) is 3.07. The Bertz CT molecular complexity index is 272. The van der Waals surface area contributed by atoms with Crippen molar-refractivity contribution in [1.82, 2.24) is 5.32 Å². The lowest BCUT2D eigenvalue weighted by Crippen LogP contribution is -2.35. The first kappa shape index (κ1) is 15.9. The maximum Gasteiger partial charge on any atom is 0.220 e. The number of nitrogens with one attached hydrogen (secondary N) is 1. The summed E-state index contributed by atoms with van der Waals surface area (Å²) in [7, 11) is 0. The molecule has 0 aromatic rings. The van der Waals surface area contributed by atoms with Gasteiger partial charge in [-0.1, -0.05) is 40.0 Å². The number of amides is 1. The highest BCUT2D eigenvalue weighted by Gasteiger charge is 2.42. The van der Waals surface area contributed by atoms with Crippen LogP contribution in [0.1, 0.15) is 65.7 Å². The Morgan fingerprint density at radius 2 is 2.00 bits per heavy atom. The van der Waals surface area contributed by atoms with E-state index in [1.807, 2.05) is 0 Å². The van der Waals surface area contributed by atoms with E-state index in [4.69, 9.17) is 0 Å². The average molecular weight is 271 g/mol. The maximum atomic E-state index is 11.9. The van der Waals surface area contributed by atoms with Crippen molar-refractivity contribution >= 4 is 18.5 Å². The first-order chi connectivity index (χ1) is 8.43. The van der Waals surface area contributed by atoms with E-state index in [0.29, 0.717) is 6.42 Å². The zero-order valence-corrected chi connectivity index (χ0v) is 13.1. The molecule has 0 bridgehead atoms. The van der Waals surface area contributed by atoms with Crippen LogP contribution in [0.3, 0.4) is 0 Å². The number of thiol groups is 1. The van der Waals surface area contributed by atoms with E-state index in [0.717, 1.165) is 12.3 Å². The van der Waals surface area contributed by atoms with Crippen molar-refractivity contribution in [2.75, 3.05) is 12.3 Å². The van der Waals surface area contributed by atoms with Crippen molar-refractivity contribution in [2.45, 2.75) is 65.7 Å². The second-order valence-corrected chi connectivity index (χ2v) is 7.05. The van der Waals surface area contributed by atoms with Gasteiger partial charge < -0.3 is 5.32 Å². The SMILES string of the molecule is CCCCCC(C)(C)CNC(=O)CC1(CS)CC1. The fraction of sp³-hybridized carbons (Fsp3) is 0.933. The number of hydrogen-bond acceptors (Lipinski definition) is 2. The minimum absolute atomic E-state index is 0.213. The van der Waals surface area contributed by atoms with Gasteiger partial charge in [0.25, 0.3) is 0 Å². The highest BCUT2D eigenvalue weighted by molar-refractivity contribution is 7.80. The van der Waals surface area contributed by atoms with Crippen LogP contribution >= 0.6 is 12.6 Å². The summed E-state index contributed by atoms with van der Waals surface area (Å²) in [5, 5.41) is 3.11. The summed E-state index contributed by atoms with van der Waals surface area (Å²) in [6.07, 6.45) is 8.01. The molecule has 1 fully saturated rings. The molecule has 1 N–H and O–H groups in total. The van der Waals surface area contributed by atoms with Gasteiger partial charge in [-0.3, -0.25) is 4.79 Å². The first-order valence-corrected chi connectivity index (χ1v) is 7.94. The molecule has 0 radical (unpaired) electrons. The van der Waals surface area contributed by atoms with Crippen LogP contribution in [0, 0.1) is 10.8 Å². The molecule has 1 amide bonds. The standard InChI is InChI=1S/C15H29NOS/c1-4-5-6-7-14(2,3)11-16-13(17)10-15(12-18)8-9-15/h18H,4-12H2,1-3H3,(H,16,17). The molecule has 1 rings (SSSR count). The Morgan fingerprint density at radius 1 is 1.33 bits per heavy atom. The van der Waals surface area contributed by atoms with Gasteiger partial charge in [0.05, 0.1) is 0 Å². The number of carbonyl (C=O) groups is 1. The predicted octanol–water partition coefficient (Wildman–Crippen LogP) is 3.81. The molecule has 1 aliphatic rings. The van der Waals surface area contributed by atoms with Crippen LogP contribution in [-0.4, -0.2) is 18.2 Å². The quantitative estimate of drug-likeness (QED) is 0.484. The van der Waals surface area contributed by atoms with E-state index < -0.39 is 0 Å². The summed E-state index contributed by atoms with van der Waals surface area (Å²) in [5.74, 6) is 1.06. The van der Waals surface area contributed by atoms with E-state index >= 15 is 0 Å². The Morgan fingerprint density at radius 3 is 2.50 bits per heavy atom. The molecule has 3 heteroatoms. The number of unbranched alkanes of at least 4 members (excludes halogenated alkanes) is 2. The molecule has 1 saturated carbocycles. The Labute approximate surface area is 118 Å². The molecular formula is C15H29NOS. The van der Waals surface area contributed by atoms with Crippen molar-refractivity contribution < 1.29 is 4.79 Å². The minimum atomic E-state index is 0.213. The summed E-state index contributed by atoms with van der Waals surface area (Å²) in [6, 6.07) is 0. The van der Waals surface area contributed by atoms with E-state index in [1.165, 1.54) is 38.5 Å².